The number of hydroxylamine groups is 1. The van der Waals surface area contributed by atoms with Gasteiger partial charge in [0.1, 0.15) is 12.2 Å². The monoisotopic (exact) mass is 369 g/mol. The molecular weight excluding hydrogens is 330 g/mol. The molecule has 0 saturated carbocycles. The summed E-state index contributed by atoms with van der Waals surface area (Å²) in [6, 6.07) is 0.597. The van der Waals surface area contributed by atoms with Crippen molar-refractivity contribution < 1.29 is 19.8 Å². The summed E-state index contributed by atoms with van der Waals surface area (Å²) in [5.74, 6) is 1.40. The van der Waals surface area contributed by atoms with E-state index >= 15 is 0 Å². The van der Waals surface area contributed by atoms with E-state index in [1.54, 1.807) is 4.90 Å². The Hall–Kier alpha value is -0.280. The molecule has 4 fully saturated rings. The van der Waals surface area contributed by atoms with Gasteiger partial charge in [0.25, 0.3) is 0 Å². The van der Waals surface area contributed by atoms with Crippen LogP contribution in [0.5, 0.6) is 0 Å². The molecule has 0 bridgehead atoms. The second-order valence-corrected chi connectivity index (χ2v) is 9.08. The molecule has 4 heterocycles. The summed E-state index contributed by atoms with van der Waals surface area (Å²) in [6.45, 7) is 12.4. The van der Waals surface area contributed by atoms with Crippen molar-refractivity contribution in [2.45, 2.75) is 64.1 Å². The molecule has 5 unspecified atom stereocenters. The highest BCUT2D eigenvalue weighted by Gasteiger charge is 2.44. The van der Waals surface area contributed by atoms with E-state index < -0.39 is 0 Å². The van der Waals surface area contributed by atoms with Crippen LogP contribution in [0, 0.1) is 11.8 Å². The van der Waals surface area contributed by atoms with E-state index in [9.17, 15) is 0 Å². The summed E-state index contributed by atoms with van der Waals surface area (Å²) < 4.78 is 5.52. The summed E-state index contributed by atoms with van der Waals surface area (Å²) >= 11 is 0. The molecule has 150 valence electrons. The van der Waals surface area contributed by atoms with Crippen LogP contribution in [0.4, 0.5) is 0 Å². The Labute approximate surface area is 158 Å². The van der Waals surface area contributed by atoms with Gasteiger partial charge in [-0.3, -0.25) is 10.2 Å². The molecule has 0 radical (unpaired) electrons. The topological polar surface area (TPSA) is 66.8 Å². The molecule has 6 atom stereocenters. The Kier molecular flexibility index (Phi) is 6.46. The normalized spacial score (nSPS) is 42.6. The van der Waals surface area contributed by atoms with Gasteiger partial charge in [0.2, 0.25) is 0 Å². The number of hydrogen-bond donors (Lipinski definition) is 4. The second-order valence-electron chi connectivity index (χ2n) is 9.08. The molecule has 7 nitrogen and oxygen atoms in total. The highest BCUT2D eigenvalue weighted by Crippen LogP contribution is 2.22. The second kappa shape index (κ2) is 8.82. The lowest BCUT2D eigenvalue weighted by atomic mass is 9.92. The Bertz CT molecular complexity index is 446. The van der Waals surface area contributed by atoms with Crippen LogP contribution in [0.15, 0.2) is 0 Å². The van der Waals surface area contributed by atoms with Gasteiger partial charge in [-0.05, 0) is 0 Å². The number of nitrogens with zero attached hydrogens (tertiary/aromatic N) is 1. The van der Waals surface area contributed by atoms with Crippen molar-refractivity contribution in [1.82, 2.24) is 15.7 Å². The number of morpholine rings is 1. The van der Waals surface area contributed by atoms with Crippen molar-refractivity contribution in [3.63, 3.8) is 0 Å². The molecule has 0 aromatic rings. The Morgan fingerprint density at radius 1 is 1.23 bits per heavy atom. The van der Waals surface area contributed by atoms with E-state index in [1.165, 1.54) is 45.3 Å². The van der Waals surface area contributed by atoms with Crippen molar-refractivity contribution in [2.75, 3.05) is 45.9 Å². The first kappa shape index (κ1) is 19.1. The number of rotatable bonds is 5. The minimum atomic E-state index is 0.170. The van der Waals surface area contributed by atoms with Gasteiger partial charge in [0.15, 0.2) is 6.23 Å². The van der Waals surface area contributed by atoms with E-state index in [1.807, 2.05) is 0 Å². The lowest BCUT2D eigenvalue weighted by Gasteiger charge is -2.38. The minimum Gasteiger partial charge on any atom is -0.379 e. The van der Waals surface area contributed by atoms with E-state index in [0.717, 1.165) is 32.2 Å². The molecule has 0 amide bonds. The zero-order chi connectivity index (χ0) is 17.9. The first-order chi connectivity index (χ1) is 12.7. The number of ether oxygens (including phenoxy) is 1. The quantitative estimate of drug-likeness (QED) is 0.456. The van der Waals surface area contributed by atoms with E-state index in [4.69, 9.17) is 9.57 Å². The summed E-state index contributed by atoms with van der Waals surface area (Å²) in [6.07, 6.45) is 6.18. The Morgan fingerprint density at radius 2 is 2.08 bits per heavy atom. The molecule has 0 aromatic heterocycles. The molecule has 4 aliphatic heterocycles. The van der Waals surface area contributed by atoms with Crippen molar-refractivity contribution in [3.05, 3.63) is 0 Å². The van der Waals surface area contributed by atoms with Crippen LogP contribution in [0.2, 0.25) is 0 Å². The Balaban J connectivity index is 1.30. The predicted octanol–water partition coefficient (Wildman–Crippen LogP) is -1.90. The number of likely N-dealkylation sites (tertiary alicyclic amines) is 1. The predicted molar refractivity (Wildman–Crippen MR) is 99.2 cm³/mol. The lowest BCUT2D eigenvalue weighted by molar-refractivity contribution is -0.919. The zero-order valence-corrected chi connectivity index (χ0v) is 16.6. The third-order valence-electron chi connectivity index (χ3n) is 6.75. The minimum absolute atomic E-state index is 0.170. The molecule has 7 heteroatoms. The van der Waals surface area contributed by atoms with Gasteiger partial charge in [0, 0.05) is 50.6 Å². The molecule has 0 aliphatic carbocycles. The smallest absolute Gasteiger partial charge is 0.183 e. The number of nitrogens with one attached hydrogen (secondary N) is 3. The fourth-order valence-corrected chi connectivity index (χ4v) is 5.44. The van der Waals surface area contributed by atoms with Crippen LogP contribution in [-0.2, 0) is 9.57 Å². The van der Waals surface area contributed by atoms with Gasteiger partial charge >= 0.3 is 0 Å². The third kappa shape index (κ3) is 4.41. The molecule has 0 aromatic carbocycles. The molecule has 0 spiro atoms. The van der Waals surface area contributed by atoms with Crippen LogP contribution in [0.3, 0.4) is 0 Å². The van der Waals surface area contributed by atoms with Crippen molar-refractivity contribution in [2.24, 2.45) is 11.8 Å². The maximum Gasteiger partial charge on any atom is 0.183 e. The van der Waals surface area contributed by atoms with Crippen molar-refractivity contribution in [3.8, 4) is 0 Å². The lowest BCUT2D eigenvalue weighted by Crippen LogP contribution is -3.15. The van der Waals surface area contributed by atoms with Gasteiger partial charge < -0.3 is 15.0 Å². The van der Waals surface area contributed by atoms with Crippen LogP contribution in [0.25, 0.3) is 0 Å². The third-order valence-corrected chi connectivity index (χ3v) is 6.75. The molecule has 5 N–H and O–H groups in total. The summed E-state index contributed by atoms with van der Waals surface area (Å²) in [5.41, 5.74) is 3.37. The summed E-state index contributed by atoms with van der Waals surface area (Å²) in [4.78, 5) is 10.4. The van der Waals surface area contributed by atoms with Crippen molar-refractivity contribution in [1.29, 1.82) is 0 Å². The summed E-state index contributed by atoms with van der Waals surface area (Å²) in [5, 5.41) is 6.35. The molecular formula is C19H39N5O2+2. The van der Waals surface area contributed by atoms with Crippen LogP contribution in [0.1, 0.15) is 39.5 Å². The Morgan fingerprint density at radius 3 is 2.88 bits per heavy atom. The number of hydrogen-bond acceptors (Lipinski definition) is 5. The SMILES string of the molecule is CC(C)C[NH+]1CCC[C@H]1C1NC(C2CC[NH2+]C(N3CCOCC3)C2)NO1. The van der Waals surface area contributed by atoms with Gasteiger partial charge in [-0.1, -0.05) is 13.8 Å². The molecule has 4 saturated heterocycles. The first-order valence-corrected chi connectivity index (χ1v) is 10.9. The van der Waals surface area contributed by atoms with E-state index in [-0.39, 0.29) is 6.23 Å². The highest BCUT2D eigenvalue weighted by atomic mass is 16.7. The molecule has 4 aliphatic rings. The van der Waals surface area contributed by atoms with Gasteiger partial charge in [0.05, 0.1) is 39.0 Å². The van der Waals surface area contributed by atoms with Gasteiger partial charge in [-0.2, -0.15) is 5.48 Å². The average Bonchev–Trinajstić information content (AvgIpc) is 3.31. The largest absolute Gasteiger partial charge is 0.379 e. The summed E-state index contributed by atoms with van der Waals surface area (Å²) in [7, 11) is 0. The molecule has 4 rings (SSSR count). The van der Waals surface area contributed by atoms with Crippen molar-refractivity contribution >= 4 is 0 Å². The average molecular weight is 370 g/mol. The van der Waals surface area contributed by atoms with Crippen LogP contribution >= 0.6 is 0 Å². The maximum atomic E-state index is 6.07. The number of nitrogens with two attached hydrogens (primary N) is 1. The van der Waals surface area contributed by atoms with E-state index in [2.05, 4.69) is 34.9 Å². The fraction of sp³-hybridized carbons (Fsp3) is 1.00. The number of quaternary nitrogens is 2. The fourth-order valence-electron chi connectivity index (χ4n) is 5.44. The number of piperidine rings is 1. The maximum absolute atomic E-state index is 6.07. The van der Waals surface area contributed by atoms with E-state index in [0.29, 0.717) is 24.3 Å². The highest BCUT2D eigenvalue weighted by molar-refractivity contribution is 4.85. The van der Waals surface area contributed by atoms with Crippen LogP contribution < -0.4 is 21.0 Å². The van der Waals surface area contributed by atoms with Crippen LogP contribution in [-0.4, -0.2) is 75.4 Å². The zero-order valence-electron chi connectivity index (χ0n) is 16.6. The van der Waals surface area contributed by atoms with Gasteiger partial charge in [-0.15, -0.1) is 0 Å². The molecule has 26 heavy (non-hydrogen) atoms. The first-order valence-electron chi connectivity index (χ1n) is 10.9. The van der Waals surface area contributed by atoms with Gasteiger partial charge in [-0.25, -0.2) is 4.90 Å². The standard InChI is InChI=1S/C19H37N5O2/c1-14(2)13-24-7-3-4-16(24)19-21-18(22-26-19)15-5-6-20-17(12-15)23-8-10-25-11-9-23/h14-22H,3-13H2,1-2H3/p+2/t15?,16-,17?,18?,19?/m0/s1.